The standard InChI is InChI=1S/C12H20N4O4S/c1-10-13-12(20-14-10)11-3-2-4-16(9-11)21(17,18)15-5-7-19-8-6-15/h11H,2-9H2,1H3/t11-/m1/s1. The van der Waals surface area contributed by atoms with E-state index in [1.54, 1.807) is 6.92 Å². The third kappa shape index (κ3) is 3.10. The van der Waals surface area contributed by atoms with Gasteiger partial charge in [0, 0.05) is 26.2 Å². The zero-order valence-electron chi connectivity index (χ0n) is 12.1. The van der Waals surface area contributed by atoms with Crippen LogP contribution in [0, 0.1) is 6.92 Å². The molecule has 2 aliphatic rings. The van der Waals surface area contributed by atoms with Gasteiger partial charge in [0.05, 0.1) is 19.1 Å². The third-order valence-electron chi connectivity index (χ3n) is 3.90. The van der Waals surface area contributed by atoms with Crippen LogP contribution in [-0.2, 0) is 14.9 Å². The summed E-state index contributed by atoms with van der Waals surface area (Å²) < 4.78 is 38.7. The van der Waals surface area contributed by atoms with E-state index >= 15 is 0 Å². The molecule has 1 aromatic rings. The molecule has 0 aromatic carbocycles. The fourth-order valence-electron chi connectivity index (χ4n) is 2.77. The summed E-state index contributed by atoms with van der Waals surface area (Å²) >= 11 is 0. The molecular formula is C12H20N4O4S. The minimum atomic E-state index is -3.42. The Morgan fingerprint density at radius 1 is 1.19 bits per heavy atom. The third-order valence-corrected chi connectivity index (χ3v) is 5.90. The number of rotatable bonds is 3. The van der Waals surface area contributed by atoms with Gasteiger partial charge in [-0.1, -0.05) is 5.16 Å². The largest absolute Gasteiger partial charge is 0.379 e. The van der Waals surface area contributed by atoms with Crippen molar-refractivity contribution in [1.82, 2.24) is 18.8 Å². The van der Waals surface area contributed by atoms with Crippen molar-refractivity contribution in [2.45, 2.75) is 25.7 Å². The minimum Gasteiger partial charge on any atom is -0.379 e. The van der Waals surface area contributed by atoms with Crippen LogP contribution in [0.5, 0.6) is 0 Å². The van der Waals surface area contributed by atoms with Crippen LogP contribution in [0.4, 0.5) is 0 Å². The number of morpholine rings is 1. The van der Waals surface area contributed by atoms with Crippen LogP contribution in [0.25, 0.3) is 0 Å². The Hall–Kier alpha value is -1.03. The molecule has 2 saturated heterocycles. The number of piperidine rings is 1. The second kappa shape index (κ2) is 5.99. The number of ether oxygens (including phenoxy) is 1. The molecule has 0 unspecified atom stereocenters. The van der Waals surface area contributed by atoms with Crippen LogP contribution in [0.3, 0.4) is 0 Å². The van der Waals surface area contributed by atoms with Gasteiger partial charge < -0.3 is 9.26 Å². The lowest BCUT2D eigenvalue weighted by Gasteiger charge is -2.35. The molecule has 3 rings (SSSR count). The highest BCUT2D eigenvalue weighted by molar-refractivity contribution is 7.86. The van der Waals surface area contributed by atoms with E-state index in [0.29, 0.717) is 51.1 Å². The van der Waals surface area contributed by atoms with Crippen molar-refractivity contribution >= 4 is 10.2 Å². The van der Waals surface area contributed by atoms with E-state index in [1.165, 1.54) is 8.61 Å². The number of hydrogen-bond donors (Lipinski definition) is 0. The van der Waals surface area contributed by atoms with Crippen LogP contribution in [0.15, 0.2) is 4.52 Å². The highest BCUT2D eigenvalue weighted by atomic mass is 32.2. The summed E-state index contributed by atoms with van der Waals surface area (Å²) in [5.41, 5.74) is 0. The molecule has 1 aromatic heterocycles. The molecule has 0 amide bonds. The Morgan fingerprint density at radius 2 is 1.95 bits per heavy atom. The van der Waals surface area contributed by atoms with Crippen LogP contribution in [0.2, 0.25) is 0 Å². The van der Waals surface area contributed by atoms with E-state index in [0.717, 1.165) is 12.8 Å². The van der Waals surface area contributed by atoms with Gasteiger partial charge in [0.25, 0.3) is 10.2 Å². The quantitative estimate of drug-likeness (QED) is 0.788. The van der Waals surface area contributed by atoms with Crippen molar-refractivity contribution in [2.75, 3.05) is 39.4 Å². The van der Waals surface area contributed by atoms with Crippen molar-refractivity contribution in [1.29, 1.82) is 0 Å². The summed E-state index contributed by atoms with van der Waals surface area (Å²) in [4.78, 5) is 4.23. The predicted molar refractivity (Wildman–Crippen MR) is 73.9 cm³/mol. The summed E-state index contributed by atoms with van der Waals surface area (Å²) in [6.07, 6.45) is 1.67. The van der Waals surface area contributed by atoms with Crippen LogP contribution >= 0.6 is 0 Å². The van der Waals surface area contributed by atoms with Gasteiger partial charge in [0.2, 0.25) is 5.89 Å². The summed E-state index contributed by atoms with van der Waals surface area (Å²) in [6, 6.07) is 0. The van der Waals surface area contributed by atoms with Gasteiger partial charge in [-0.3, -0.25) is 0 Å². The topological polar surface area (TPSA) is 88.8 Å². The van der Waals surface area contributed by atoms with Gasteiger partial charge in [0.1, 0.15) is 0 Å². The van der Waals surface area contributed by atoms with E-state index < -0.39 is 10.2 Å². The first-order valence-electron chi connectivity index (χ1n) is 7.20. The lowest BCUT2D eigenvalue weighted by Crippen LogP contribution is -2.51. The Morgan fingerprint density at radius 3 is 2.62 bits per heavy atom. The number of aromatic nitrogens is 2. The molecule has 0 aliphatic carbocycles. The first kappa shape index (κ1) is 14.9. The van der Waals surface area contributed by atoms with Gasteiger partial charge in [-0.25, -0.2) is 0 Å². The number of aryl methyl sites for hydroxylation is 1. The van der Waals surface area contributed by atoms with E-state index in [2.05, 4.69) is 10.1 Å². The molecule has 2 fully saturated rings. The summed E-state index contributed by atoms with van der Waals surface area (Å²) in [5.74, 6) is 1.10. The van der Waals surface area contributed by atoms with Gasteiger partial charge in [-0.2, -0.15) is 22.0 Å². The van der Waals surface area contributed by atoms with Crippen LogP contribution in [-0.4, -0.2) is 66.6 Å². The highest BCUT2D eigenvalue weighted by Crippen LogP contribution is 2.28. The summed E-state index contributed by atoms with van der Waals surface area (Å²) in [7, 11) is -3.42. The monoisotopic (exact) mass is 316 g/mol. The second-order valence-corrected chi connectivity index (χ2v) is 7.32. The minimum absolute atomic E-state index is 0.0178. The Balaban J connectivity index is 1.73. The molecule has 0 bridgehead atoms. The van der Waals surface area contributed by atoms with Gasteiger partial charge >= 0.3 is 0 Å². The van der Waals surface area contributed by atoms with Crippen molar-refractivity contribution in [3.05, 3.63) is 11.7 Å². The molecule has 0 N–H and O–H groups in total. The van der Waals surface area contributed by atoms with Crippen molar-refractivity contribution < 1.29 is 17.7 Å². The van der Waals surface area contributed by atoms with Crippen molar-refractivity contribution in [3.8, 4) is 0 Å². The maximum absolute atomic E-state index is 12.7. The fourth-order valence-corrected chi connectivity index (χ4v) is 4.44. The van der Waals surface area contributed by atoms with Crippen LogP contribution < -0.4 is 0 Å². The molecule has 1 atom stereocenters. The van der Waals surface area contributed by atoms with E-state index in [9.17, 15) is 8.42 Å². The maximum Gasteiger partial charge on any atom is 0.282 e. The lowest BCUT2D eigenvalue weighted by atomic mass is 10.00. The first-order chi connectivity index (χ1) is 10.1. The zero-order valence-corrected chi connectivity index (χ0v) is 12.9. The first-order valence-corrected chi connectivity index (χ1v) is 8.60. The molecule has 2 aliphatic heterocycles. The predicted octanol–water partition coefficient (Wildman–Crippen LogP) is 0.134. The molecule has 118 valence electrons. The summed E-state index contributed by atoms with van der Waals surface area (Å²) in [5, 5.41) is 3.79. The molecule has 9 heteroatoms. The molecule has 0 spiro atoms. The molecule has 3 heterocycles. The van der Waals surface area contributed by atoms with Gasteiger partial charge in [-0.05, 0) is 19.8 Å². The van der Waals surface area contributed by atoms with Gasteiger partial charge in [-0.15, -0.1) is 0 Å². The smallest absolute Gasteiger partial charge is 0.282 e. The lowest BCUT2D eigenvalue weighted by molar-refractivity contribution is 0.0694. The molecule has 8 nitrogen and oxygen atoms in total. The molecule has 0 saturated carbocycles. The highest BCUT2D eigenvalue weighted by Gasteiger charge is 2.36. The summed E-state index contributed by atoms with van der Waals surface area (Å²) in [6.45, 7) is 4.47. The molecule has 0 radical (unpaired) electrons. The number of nitrogens with zero attached hydrogens (tertiary/aromatic N) is 4. The Kier molecular flexibility index (Phi) is 4.25. The van der Waals surface area contributed by atoms with Crippen LogP contribution in [0.1, 0.15) is 30.5 Å². The average Bonchev–Trinajstić information content (AvgIpc) is 2.95. The fraction of sp³-hybridized carbons (Fsp3) is 0.833. The molecule has 21 heavy (non-hydrogen) atoms. The number of hydrogen-bond acceptors (Lipinski definition) is 6. The van der Waals surface area contributed by atoms with E-state index in [-0.39, 0.29) is 5.92 Å². The SMILES string of the molecule is Cc1noc([C@@H]2CCCN(S(=O)(=O)N3CCOCC3)C2)n1. The van der Waals surface area contributed by atoms with E-state index in [4.69, 9.17) is 9.26 Å². The van der Waals surface area contributed by atoms with Crippen molar-refractivity contribution in [3.63, 3.8) is 0 Å². The Labute approximate surface area is 124 Å². The van der Waals surface area contributed by atoms with Crippen molar-refractivity contribution in [2.24, 2.45) is 0 Å². The zero-order chi connectivity index (χ0) is 14.9. The molecular weight excluding hydrogens is 296 g/mol. The normalized spacial score (nSPS) is 26.0. The Bertz CT molecular complexity index is 582. The average molecular weight is 316 g/mol. The van der Waals surface area contributed by atoms with Gasteiger partial charge in [0.15, 0.2) is 5.82 Å². The maximum atomic E-state index is 12.7. The second-order valence-electron chi connectivity index (χ2n) is 5.40. The van der Waals surface area contributed by atoms with E-state index in [1.807, 2.05) is 0 Å².